The number of hydrogen-bond donors (Lipinski definition) is 2. The molecule has 16 heavy (non-hydrogen) atoms. The van der Waals surface area contributed by atoms with Gasteiger partial charge in [-0.15, -0.1) is 0 Å². The van der Waals surface area contributed by atoms with Crippen LogP contribution in [0.5, 0.6) is 0 Å². The predicted octanol–water partition coefficient (Wildman–Crippen LogP) is -0.312. The lowest BCUT2D eigenvalue weighted by atomic mass is 9.93. The van der Waals surface area contributed by atoms with Crippen LogP contribution in [0.4, 0.5) is 0 Å². The van der Waals surface area contributed by atoms with Crippen molar-refractivity contribution in [2.45, 2.75) is 44.3 Å². The van der Waals surface area contributed by atoms with E-state index in [4.69, 9.17) is 16.2 Å². The number of amides is 1. The molecule has 3 atom stereocenters. The average Bonchev–Trinajstić information content (AvgIpc) is 2.68. The Balaban J connectivity index is 2.50. The Morgan fingerprint density at radius 3 is 2.75 bits per heavy atom. The minimum Gasteiger partial charge on any atom is -0.380 e. The fraction of sp³-hybridized carbons (Fsp3) is 0.909. The lowest BCUT2D eigenvalue weighted by molar-refractivity contribution is -0.123. The zero-order valence-electron chi connectivity index (χ0n) is 10.4. The Hall–Kier alpha value is -0.650. The van der Waals surface area contributed by atoms with Gasteiger partial charge in [0.1, 0.15) is 0 Å². The normalized spacial score (nSPS) is 26.7. The van der Waals surface area contributed by atoms with E-state index in [-0.39, 0.29) is 6.04 Å². The van der Waals surface area contributed by atoms with E-state index in [2.05, 4.69) is 11.8 Å². The van der Waals surface area contributed by atoms with E-state index in [1.54, 1.807) is 6.92 Å². The molecular weight excluding hydrogens is 206 g/mol. The largest absolute Gasteiger partial charge is 0.380 e. The molecule has 5 nitrogen and oxygen atoms in total. The van der Waals surface area contributed by atoms with Gasteiger partial charge < -0.3 is 16.2 Å². The van der Waals surface area contributed by atoms with Crippen LogP contribution >= 0.6 is 0 Å². The van der Waals surface area contributed by atoms with Crippen molar-refractivity contribution in [2.24, 2.45) is 11.5 Å². The summed E-state index contributed by atoms with van der Waals surface area (Å²) in [7, 11) is 2.04. The molecule has 1 rings (SSSR count). The van der Waals surface area contributed by atoms with Gasteiger partial charge in [-0.1, -0.05) is 0 Å². The van der Waals surface area contributed by atoms with E-state index in [1.165, 1.54) is 0 Å². The Morgan fingerprint density at radius 1 is 1.69 bits per heavy atom. The van der Waals surface area contributed by atoms with Crippen LogP contribution in [-0.2, 0) is 9.53 Å². The van der Waals surface area contributed by atoms with Gasteiger partial charge in [-0.2, -0.15) is 0 Å². The minimum absolute atomic E-state index is 0.217. The van der Waals surface area contributed by atoms with Gasteiger partial charge >= 0.3 is 0 Å². The molecule has 0 aromatic heterocycles. The topological polar surface area (TPSA) is 81.6 Å². The van der Waals surface area contributed by atoms with Crippen LogP contribution in [0.15, 0.2) is 0 Å². The summed E-state index contributed by atoms with van der Waals surface area (Å²) in [6.45, 7) is 5.33. The van der Waals surface area contributed by atoms with Crippen LogP contribution in [0, 0.1) is 0 Å². The zero-order chi connectivity index (χ0) is 12.3. The van der Waals surface area contributed by atoms with Crippen LogP contribution in [0.2, 0.25) is 0 Å². The van der Waals surface area contributed by atoms with Gasteiger partial charge in [0.2, 0.25) is 5.91 Å². The number of primary amides is 1. The number of carbonyl (C=O) groups excluding carboxylic acids is 1. The molecule has 94 valence electrons. The standard InChI is InChI=1S/C11H23N3O2/c1-8(6-11(2,13)10(12)15)14(3)9-4-5-16-7-9/h8-9H,4-7,13H2,1-3H3,(H2,12,15). The summed E-state index contributed by atoms with van der Waals surface area (Å²) in [5.41, 5.74) is 10.2. The summed E-state index contributed by atoms with van der Waals surface area (Å²) in [5, 5.41) is 0. The van der Waals surface area contributed by atoms with Crippen molar-refractivity contribution >= 4 is 5.91 Å². The number of nitrogens with zero attached hydrogens (tertiary/aromatic N) is 1. The third-order valence-corrected chi connectivity index (χ3v) is 3.46. The lowest BCUT2D eigenvalue weighted by Crippen LogP contribution is -2.54. The Labute approximate surface area is 97.1 Å². The molecule has 3 unspecified atom stereocenters. The number of rotatable bonds is 5. The molecule has 5 heteroatoms. The molecule has 0 aromatic carbocycles. The van der Waals surface area contributed by atoms with Crippen molar-refractivity contribution in [1.29, 1.82) is 0 Å². The van der Waals surface area contributed by atoms with E-state index >= 15 is 0 Å². The fourth-order valence-corrected chi connectivity index (χ4v) is 2.06. The van der Waals surface area contributed by atoms with E-state index in [1.807, 2.05) is 7.05 Å². The summed E-state index contributed by atoms with van der Waals surface area (Å²) in [5.74, 6) is -0.449. The lowest BCUT2D eigenvalue weighted by Gasteiger charge is -2.34. The van der Waals surface area contributed by atoms with E-state index in [0.29, 0.717) is 12.5 Å². The second kappa shape index (κ2) is 5.12. The van der Waals surface area contributed by atoms with Crippen LogP contribution in [0.25, 0.3) is 0 Å². The summed E-state index contributed by atoms with van der Waals surface area (Å²) in [4.78, 5) is 13.4. The van der Waals surface area contributed by atoms with Crippen LogP contribution in [0.1, 0.15) is 26.7 Å². The third kappa shape index (κ3) is 3.17. The maximum absolute atomic E-state index is 11.2. The molecule has 4 N–H and O–H groups in total. The molecule has 1 aliphatic rings. The molecule has 1 amide bonds. The summed E-state index contributed by atoms with van der Waals surface area (Å²) < 4.78 is 5.34. The maximum atomic E-state index is 11.2. The zero-order valence-corrected chi connectivity index (χ0v) is 10.4. The number of likely N-dealkylation sites (N-methyl/N-ethyl adjacent to an activating group) is 1. The number of nitrogens with two attached hydrogens (primary N) is 2. The molecular formula is C11H23N3O2. The summed E-state index contributed by atoms with van der Waals surface area (Å²) >= 11 is 0. The first-order chi connectivity index (χ1) is 7.34. The molecule has 0 spiro atoms. The summed E-state index contributed by atoms with van der Waals surface area (Å²) in [6.07, 6.45) is 1.61. The van der Waals surface area contributed by atoms with E-state index in [0.717, 1.165) is 19.6 Å². The molecule has 1 fully saturated rings. The molecule has 1 heterocycles. The molecule has 0 aliphatic carbocycles. The van der Waals surface area contributed by atoms with Gasteiger partial charge in [-0.05, 0) is 33.7 Å². The second-order valence-corrected chi connectivity index (χ2v) is 5.02. The second-order valence-electron chi connectivity index (χ2n) is 5.02. The van der Waals surface area contributed by atoms with Crippen LogP contribution in [-0.4, -0.2) is 48.7 Å². The summed E-state index contributed by atoms with van der Waals surface area (Å²) in [6, 6.07) is 0.646. The van der Waals surface area contributed by atoms with Crippen molar-refractivity contribution < 1.29 is 9.53 Å². The molecule has 0 bridgehead atoms. The average molecular weight is 229 g/mol. The van der Waals surface area contributed by atoms with Crippen molar-refractivity contribution in [2.75, 3.05) is 20.3 Å². The van der Waals surface area contributed by atoms with E-state index in [9.17, 15) is 4.79 Å². The van der Waals surface area contributed by atoms with Gasteiger partial charge in [0.15, 0.2) is 0 Å². The third-order valence-electron chi connectivity index (χ3n) is 3.46. The fourth-order valence-electron chi connectivity index (χ4n) is 2.06. The first-order valence-electron chi connectivity index (χ1n) is 5.73. The predicted molar refractivity (Wildman–Crippen MR) is 62.9 cm³/mol. The highest BCUT2D eigenvalue weighted by atomic mass is 16.5. The quantitative estimate of drug-likeness (QED) is 0.677. The molecule has 0 saturated carbocycles. The highest BCUT2D eigenvalue weighted by Gasteiger charge is 2.32. The van der Waals surface area contributed by atoms with Gasteiger partial charge in [-0.3, -0.25) is 9.69 Å². The van der Waals surface area contributed by atoms with Crippen LogP contribution < -0.4 is 11.5 Å². The van der Waals surface area contributed by atoms with Crippen molar-refractivity contribution in [1.82, 2.24) is 4.90 Å². The number of ether oxygens (including phenoxy) is 1. The van der Waals surface area contributed by atoms with Gasteiger partial charge in [0, 0.05) is 18.7 Å². The van der Waals surface area contributed by atoms with Gasteiger partial charge in [0.25, 0.3) is 0 Å². The van der Waals surface area contributed by atoms with Gasteiger partial charge in [0.05, 0.1) is 12.1 Å². The Bertz CT molecular complexity index is 250. The molecule has 0 aromatic rings. The van der Waals surface area contributed by atoms with Crippen LogP contribution in [0.3, 0.4) is 0 Å². The Kier molecular flexibility index (Phi) is 4.29. The first kappa shape index (κ1) is 13.4. The van der Waals surface area contributed by atoms with Crippen molar-refractivity contribution in [3.63, 3.8) is 0 Å². The SMILES string of the molecule is CC(CC(C)(N)C(N)=O)N(C)C1CCOC1. The maximum Gasteiger partial charge on any atom is 0.237 e. The number of carbonyl (C=O) groups is 1. The van der Waals surface area contributed by atoms with Crippen molar-refractivity contribution in [3.05, 3.63) is 0 Å². The Morgan fingerprint density at radius 2 is 2.31 bits per heavy atom. The minimum atomic E-state index is -0.937. The van der Waals surface area contributed by atoms with Gasteiger partial charge in [-0.25, -0.2) is 0 Å². The first-order valence-corrected chi connectivity index (χ1v) is 5.73. The van der Waals surface area contributed by atoms with E-state index < -0.39 is 11.4 Å². The smallest absolute Gasteiger partial charge is 0.237 e. The number of hydrogen-bond acceptors (Lipinski definition) is 4. The molecule has 0 radical (unpaired) electrons. The molecule has 1 saturated heterocycles. The highest BCUT2D eigenvalue weighted by Crippen LogP contribution is 2.18. The molecule has 1 aliphatic heterocycles. The highest BCUT2D eigenvalue weighted by molar-refractivity contribution is 5.83. The monoisotopic (exact) mass is 229 g/mol. The van der Waals surface area contributed by atoms with Crippen molar-refractivity contribution in [3.8, 4) is 0 Å².